The van der Waals surface area contributed by atoms with Gasteiger partial charge < -0.3 is 5.32 Å². The smallest absolute Gasteiger partial charge is 0.262 e. The fourth-order valence-electron chi connectivity index (χ4n) is 3.44. The summed E-state index contributed by atoms with van der Waals surface area (Å²) in [6.07, 6.45) is 15.0. The van der Waals surface area contributed by atoms with E-state index in [1.165, 1.54) is 44.9 Å². The first-order valence-electron chi connectivity index (χ1n) is 9.87. The molecule has 0 bridgehead atoms. The Morgan fingerprint density at radius 3 is 1.96 bits per heavy atom. The Bertz CT molecular complexity index is 619. The SMILES string of the molecule is N#C/C(=C\c1ccc(Cl)cc1)C(=O)NC1CCCCCCCCCCC1. The highest BCUT2D eigenvalue weighted by molar-refractivity contribution is 6.30. The molecule has 2 rings (SSSR count). The summed E-state index contributed by atoms with van der Waals surface area (Å²) in [5.41, 5.74) is 0.957. The number of amides is 1. The van der Waals surface area contributed by atoms with Crippen LogP contribution in [0.4, 0.5) is 0 Å². The summed E-state index contributed by atoms with van der Waals surface area (Å²) in [7, 11) is 0. The van der Waals surface area contributed by atoms with Crippen LogP contribution >= 0.6 is 11.6 Å². The molecule has 0 aliphatic heterocycles. The molecule has 1 aromatic rings. The van der Waals surface area contributed by atoms with E-state index in [4.69, 9.17) is 11.6 Å². The van der Waals surface area contributed by atoms with Gasteiger partial charge in [-0.05, 0) is 36.6 Å². The molecule has 1 aliphatic rings. The second kappa shape index (κ2) is 11.8. The number of carbonyl (C=O) groups excluding carboxylic acids is 1. The Kier molecular flexibility index (Phi) is 9.28. The predicted molar refractivity (Wildman–Crippen MR) is 108 cm³/mol. The molecular weight excluding hydrogens is 344 g/mol. The van der Waals surface area contributed by atoms with Crippen LogP contribution in [0.1, 0.15) is 76.2 Å². The van der Waals surface area contributed by atoms with Gasteiger partial charge in [-0.2, -0.15) is 5.26 Å². The molecule has 0 unspecified atom stereocenters. The lowest BCUT2D eigenvalue weighted by Gasteiger charge is -2.19. The maximum atomic E-state index is 12.6. The number of nitriles is 1. The first-order chi connectivity index (χ1) is 12.7. The maximum absolute atomic E-state index is 12.6. The van der Waals surface area contributed by atoms with Gasteiger partial charge in [0.15, 0.2) is 0 Å². The molecule has 0 aromatic heterocycles. The van der Waals surface area contributed by atoms with Gasteiger partial charge in [-0.25, -0.2) is 0 Å². The lowest BCUT2D eigenvalue weighted by molar-refractivity contribution is -0.117. The van der Waals surface area contributed by atoms with Crippen molar-refractivity contribution < 1.29 is 4.79 Å². The van der Waals surface area contributed by atoms with Crippen molar-refractivity contribution in [1.82, 2.24) is 5.32 Å². The normalized spacial score (nSPS) is 18.2. The van der Waals surface area contributed by atoms with Gasteiger partial charge in [0.05, 0.1) is 0 Å². The highest BCUT2D eigenvalue weighted by Crippen LogP contribution is 2.18. The number of rotatable bonds is 3. The van der Waals surface area contributed by atoms with Gasteiger partial charge in [-0.1, -0.05) is 81.5 Å². The van der Waals surface area contributed by atoms with E-state index in [2.05, 4.69) is 5.32 Å². The molecule has 3 nitrogen and oxygen atoms in total. The van der Waals surface area contributed by atoms with Crippen molar-refractivity contribution in [2.75, 3.05) is 0 Å². The molecule has 1 aliphatic carbocycles. The number of nitrogens with zero attached hydrogens (tertiary/aromatic N) is 1. The van der Waals surface area contributed by atoms with E-state index in [-0.39, 0.29) is 17.5 Å². The van der Waals surface area contributed by atoms with Crippen LogP contribution in [0.2, 0.25) is 5.02 Å². The molecule has 26 heavy (non-hydrogen) atoms. The van der Waals surface area contributed by atoms with Gasteiger partial charge >= 0.3 is 0 Å². The molecule has 0 atom stereocenters. The average molecular weight is 373 g/mol. The number of hydrogen-bond acceptors (Lipinski definition) is 2. The minimum Gasteiger partial charge on any atom is -0.349 e. The van der Waals surface area contributed by atoms with Gasteiger partial charge in [0, 0.05) is 11.1 Å². The molecule has 1 N–H and O–H groups in total. The van der Waals surface area contributed by atoms with Crippen LogP contribution in [-0.2, 0) is 4.79 Å². The Hall–Kier alpha value is -1.79. The summed E-state index contributed by atoms with van der Waals surface area (Å²) in [6, 6.07) is 9.34. The molecule has 0 radical (unpaired) electrons. The Morgan fingerprint density at radius 2 is 1.46 bits per heavy atom. The third-order valence-electron chi connectivity index (χ3n) is 4.99. The van der Waals surface area contributed by atoms with Crippen LogP contribution in [0.5, 0.6) is 0 Å². The molecule has 1 saturated carbocycles. The number of halogens is 1. The highest BCUT2D eigenvalue weighted by Gasteiger charge is 2.16. The van der Waals surface area contributed by atoms with Gasteiger partial charge in [-0.3, -0.25) is 4.79 Å². The summed E-state index contributed by atoms with van der Waals surface area (Å²) in [5, 5.41) is 13.1. The largest absolute Gasteiger partial charge is 0.349 e. The van der Waals surface area contributed by atoms with Crippen LogP contribution in [0.25, 0.3) is 6.08 Å². The highest BCUT2D eigenvalue weighted by atomic mass is 35.5. The monoisotopic (exact) mass is 372 g/mol. The van der Waals surface area contributed by atoms with Gasteiger partial charge in [0.1, 0.15) is 11.6 Å². The second-order valence-electron chi connectivity index (χ2n) is 7.15. The van der Waals surface area contributed by atoms with Crippen molar-refractivity contribution in [2.45, 2.75) is 76.7 Å². The third kappa shape index (κ3) is 7.62. The number of carbonyl (C=O) groups is 1. The molecule has 0 spiro atoms. The van der Waals surface area contributed by atoms with E-state index in [9.17, 15) is 10.1 Å². The maximum Gasteiger partial charge on any atom is 0.262 e. The molecule has 0 saturated heterocycles. The quantitative estimate of drug-likeness (QED) is 0.519. The second-order valence-corrected chi connectivity index (χ2v) is 7.59. The van der Waals surface area contributed by atoms with Gasteiger partial charge in [0.25, 0.3) is 5.91 Å². The predicted octanol–water partition coefficient (Wildman–Crippen LogP) is 6.04. The van der Waals surface area contributed by atoms with Crippen molar-refractivity contribution in [1.29, 1.82) is 5.26 Å². The Morgan fingerprint density at radius 1 is 0.962 bits per heavy atom. The molecular formula is C22H29ClN2O. The van der Waals surface area contributed by atoms with Crippen molar-refractivity contribution in [3.63, 3.8) is 0 Å². The first-order valence-corrected chi connectivity index (χ1v) is 10.2. The minimum atomic E-state index is -0.264. The molecule has 140 valence electrons. The fourth-order valence-corrected chi connectivity index (χ4v) is 3.57. The lowest BCUT2D eigenvalue weighted by Crippen LogP contribution is -2.35. The standard InChI is InChI=1S/C22H29ClN2O/c23-20-14-12-18(13-15-20)16-19(17-24)22(26)25-21-10-8-6-4-2-1-3-5-7-9-11-21/h12-16,21H,1-11H2,(H,25,26)/b19-16+. The number of hydrogen-bond donors (Lipinski definition) is 1. The molecule has 4 heteroatoms. The molecule has 0 heterocycles. The van der Waals surface area contributed by atoms with Crippen LogP contribution in [0.3, 0.4) is 0 Å². The summed E-state index contributed by atoms with van der Waals surface area (Å²) < 4.78 is 0. The zero-order valence-corrected chi connectivity index (χ0v) is 16.2. The zero-order chi connectivity index (χ0) is 18.6. The van der Waals surface area contributed by atoms with Crippen LogP contribution in [0, 0.1) is 11.3 Å². The van der Waals surface area contributed by atoms with E-state index in [0.29, 0.717) is 5.02 Å². The first kappa shape index (κ1) is 20.5. The van der Waals surface area contributed by atoms with E-state index >= 15 is 0 Å². The topological polar surface area (TPSA) is 52.9 Å². The van der Waals surface area contributed by atoms with E-state index in [1.807, 2.05) is 18.2 Å². The summed E-state index contributed by atoms with van der Waals surface area (Å²) in [6.45, 7) is 0. The molecule has 1 amide bonds. The van der Waals surface area contributed by atoms with Crippen molar-refractivity contribution in [3.8, 4) is 6.07 Å². The third-order valence-corrected chi connectivity index (χ3v) is 5.24. The lowest BCUT2D eigenvalue weighted by atomic mass is 9.97. The van der Waals surface area contributed by atoms with E-state index in [0.717, 1.165) is 31.2 Å². The summed E-state index contributed by atoms with van der Waals surface area (Å²) >= 11 is 5.88. The van der Waals surface area contributed by atoms with Crippen LogP contribution < -0.4 is 5.32 Å². The molecule has 1 fully saturated rings. The van der Waals surface area contributed by atoms with Crippen LogP contribution in [-0.4, -0.2) is 11.9 Å². The van der Waals surface area contributed by atoms with E-state index in [1.54, 1.807) is 18.2 Å². The van der Waals surface area contributed by atoms with Gasteiger partial charge in [0.2, 0.25) is 0 Å². The molecule has 1 aromatic carbocycles. The van der Waals surface area contributed by atoms with Crippen molar-refractivity contribution in [3.05, 3.63) is 40.4 Å². The number of benzene rings is 1. The Labute approximate surface area is 162 Å². The van der Waals surface area contributed by atoms with E-state index < -0.39 is 0 Å². The zero-order valence-electron chi connectivity index (χ0n) is 15.5. The fraction of sp³-hybridized carbons (Fsp3) is 0.545. The van der Waals surface area contributed by atoms with Crippen molar-refractivity contribution in [2.24, 2.45) is 0 Å². The van der Waals surface area contributed by atoms with Crippen LogP contribution in [0.15, 0.2) is 29.8 Å². The van der Waals surface area contributed by atoms with Crippen molar-refractivity contribution >= 4 is 23.6 Å². The van der Waals surface area contributed by atoms with Gasteiger partial charge in [-0.15, -0.1) is 0 Å². The Balaban J connectivity index is 1.96. The minimum absolute atomic E-state index is 0.151. The number of nitrogens with one attached hydrogen (secondary N) is 1. The summed E-state index contributed by atoms with van der Waals surface area (Å²) in [4.78, 5) is 12.6. The average Bonchev–Trinajstić information content (AvgIpc) is 2.63. The summed E-state index contributed by atoms with van der Waals surface area (Å²) in [5.74, 6) is -0.264.